The molecule has 4 rings (SSSR count). The van der Waals surface area contributed by atoms with Gasteiger partial charge in [-0.1, -0.05) is 36.4 Å². The molecule has 166 valence electrons. The molecule has 6 nitrogen and oxygen atoms in total. The summed E-state index contributed by atoms with van der Waals surface area (Å²) in [6, 6.07) is 16.3. The first-order valence-electron chi connectivity index (χ1n) is 10.3. The molecule has 1 aromatic heterocycles. The van der Waals surface area contributed by atoms with E-state index < -0.39 is 17.7 Å². The molecule has 0 radical (unpaired) electrons. The van der Waals surface area contributed by atoms with Crippen LogP contribution in [0.25, 0.3) is 5.76 Å². The van der Waals surface area contributed by atoms with Crippen LogP contribution in [0.3, 0.4) is 0 Å². The number of ketones is 1. The molecule has 0 aliphatic carbocycles. The van der Waals surface area contributed by atoms with Crippen LogP contribution in [-0.2, 0) is 16.1 Å². The third kappa shape index (κ3) is 4.66. The number of benzene rings is 2. The molecule has 0 bridgehead atoms. The number of carbonyl (C=O) groups excluding carboxylic acids is 2. The SMILES string of the molecule is C=CCOc1ccc(C(O)=C2C(=O)C(=O)N(Cc3ccncc3)[C@@H]2c2ccc(Cl)cc2)cc1. The van der Waals surface area contributed by atoms with Gasteiger partial charge in [-0.25, -0.2) is 0 Å². The molecule has 0 spiro atoms. The van der Waals surface area contributed by atoms with E-state index in [1.54, 1.807) is 79.1 Å². The molecule has 0 saturated carbocycles. The van der Waals surface area contributed by atoms with Gasteiger partial charge >= 0.3 is 0 Å². The maximum absolute atomic E-state index is 13.1. The summed E-state index contributed by atoms with van der Waals surface area (Å²) in [5.41, 5.74) is 1.91. The van der Waals surface area contributed by atoms with Gasteiger partial charge in [0.2, 0.25) is 0 Å². The number of nitrogens with zero attached hydrogens (tertiary/aromatic N) is 2. The highest BCUT2D eigenvalue weighted by atomic mass is 35.5. The molecule has 3 aromatic rings. The van der Waals surface area contributed by atoms with Crippen LogP contribution in [0.5, 0.6) is 5.75 Å². The number of aliphatic hydroxyl groups is 1. The second kappa shape index (κ2) is 9.71. The first-order chi connectivity index (χ1) is 16.0. The third-order valence-corrected chi connectivity index (χ3v) is 5.58. The number of hydrogen-bond donors (Lipinski definition) is 1. The number of halogens is 1. The Labute approximate surface area is 196 Å². The summed E-state index contributed by atoms with van der Waals surface area (Å²) in [4.78, 5) is 31.6. The first-order valence-corrected chi connectivity index (χ1v) is 10.6. The highest BCUT2D eigenvalue weighted by molar-refractivity contribution is 6.46. The van der Waals surface area contributed by atoms with Crippen LogP contribution in [0.4, 0.5) is 0 Å². The maximum Gasteiger partial charge on any atom is 0.295 e. The molecule has 1 aliphatic heterocycles. The summed E-state index contributed by atoms with van der Waals surface area (Å²) in [6.07, 6.45) is 4.88. The van der Waals surface area contributed by atoms with E-state index in [0.29, 0.717) is 28.5 Å². The Kier molecular flexibility index (Phi) is 6.56. The summed E-state index contributed by atoms with van der Waals surface area (Å²) in [7, 11) is 0. The second-order valence-corrected chi connectivity index (χ2v) is 7.89. The number of pyridine rings is 1. The lowest BCUT2D eigenvalue weighted by atomic mass is 9.95. The zero-order valence-electron chi connectivity index (χ0n) is 17.6. The monoisotopic (exact) mass is 460 g/mol. The molecule has 0 unspecified atom stereocenters. The van der Waals surface area contributed by atoms with E-state index in [4.69, 9.17) is 16.3 Å². The molecule has 1 N–H and O–H groups in total. The minimum Gasteiger partial charge on any atom is -0.507 e. The van der Waals surface area contributed by atoms with E-state index in [1.807, 2.05) is 0 Å². The average molecular weight is 461 g/mol. The van der Waals surface area contributed by atoms with Crippen molar-refractivity contribution >= 4 is 29.1 Å². The number of rotatable bonds is 7. The number of ether oxygens (including phenoxy) is 1. The summed E-state index contributed by atoms with van der Waals surface area (Å²) in [5.74, 6) is -1.08. The number of hydrogen-bond acceptors (Lipinski definition) is 5. The Bertz CT molecular complexity index is 1210. The Morgan fingerprint density at radius 3 is 2.36 bits per heavy atom. The molecule has 1 amide bonds. The van der Waals surface area contributed by atoms with Crippen LogP contribution in [0.2, 0.25) is 5.02 Å². The lowest BCUT2D eigenvalue weighted by Crippen LogP contribution is -2.29. The second-order valence-electron chi connectivity index (χ2n) is 7.46. The highest BCUT2D eigenvalue weighted by Crippen LogP contribution is 2.40. The molecular formula is C26H21ClN2O4. The molecule has 33 heavy (non-hydrogen) atoms. The van der Waals surface area contributed by atoms with Gasteiger partial charge in [-0.2, -0.15) is 0 Å². The van der Waals surface area contributed by atoms with Crippen LogP contribution in [0, 0.1) is 0 Å². The molecule has 1 aliphatic rings. The molecule has 7 heteroatoms. The van der Waals surface area contributed by atoms with Crippen LogP contribution in [-0.4, -0.2) is 33.3 Å². The van der Waals surface area contributed by atoms with Crippen LogP contribution in [0.15, 0.2) is 91.3 Å². The van der Waals surface area contributed by atoms with Gasteiger partial charge in [-0.15, -0.1) is 0 Å². The van der Waals surface area contributed by atoms with Crippen molar-refractivity contribution in [3.8, 4) is 5.75 Å². The third-order valence-electron chi connectivity index (χ3n) is 5.32. The fourth-order valence-corrected chi connectivity index (χ4v) is 3.87. The predicted octanol–water partition coefficient (Wildman–Crippen LogP) is 4.92. The predicted molar refractivity (Wildman–Crippen MR) is 126 cm³/mol. The van der Waals surface area contributed by atoms with Crippen molar-refractivity contribution in [1.82, 2.24) is 9.88 Å². The van der Waals surface area contributed by atoms with Crippen LogP contribution < -0.4 is 4.74 Å². The van der Waals surface area contributed by atoms with Crippen molar-refractivity contribution in [3.05, 3.63) is 113 Å². The van der Waals surface area contributed by atoms with Crippen molar-refractivity contribution in [2.75, 3.05) is 6.61 Å². The smallest absolute Gasteiger partial charge is 0.295 e. The van der Waals surface area contributed by atoms with Gasteiger partial charge in [0.1, 0.15) is 18.1 Å². The van der Waals surface area contributed by atoms with Crippen molar-refractivity contribution in [2.24, 2.45) is 0 Å². The minimum atomic E-state index is -0.771. The maximum atomic E-state index is 13.1. The molecular weight excluding hydrogens is 440 g/mol. The Morgan fingerprint density at radius 2 is 1.73 bits per heavy atom. The number of aromatic nitrogens is 1. The molecule has 1 atom stereocenters. The number of Topliss-reactive ketones (excluding diaryl/α,β-unsaturated/α-hetero) is 1. The number of amides is 1. The summed E-state index contributed by atoms with van der Waals surface area (Å²) >= 11 is 6.05. The lowest BCUT2D eigenvalue weighted by molar-refractivity contribution is -0.140. The van der Waals surface area contributed by atoms with Crippen molar-refractivity contribution in [2.45, 2.75) is 12.6 Å². The van der Waals surface area contributed by atoms with Gasteiger partial charge in [-0.05, 0) is 59.7 Å². The molecule has 2 aromatic carbocycles. The highest BCUT2D eigenvalue weighted by Gasteiger charge is 2.46. The zero-order chi connectivity index (χ0) is 23.4. The van der Waals surface area contributed by atoms with Gasteiger partial charge < -0.3 is 14.7 Å². The quantitative estimate of drug-likeness (QED) is 0.234. The molecule has 2 heterocycles. The van der Waals surface area contributed by atoms with E-state index in [0.717, 1.165) is 5.56 Å². The van der Waals surface area contributed by atoms with Gasteiger partial charge in [0.05, 0.1) is 11.6 Å². The Balaban J connectivity index is 1.78. The standard InChI is InChI=1S/C26H21ClN2O4/c1-2-15-33-21-9-5-19(6-10-21)24(30)22-23(18-3-7-20(27)8-4-18)29(26(32)25(22)31)16-17-11-13-28-14-12-17/h2-14,23,30H,1,15-16H2/t23-/m1/s1. The van der Waals surface area contributed by atoms with E-state index in [9.17, 15) is 14.7 Å². The molecule has 1 fully saturated rings. The molecule has 1 saturated heterocycles. The van der Waals surface area contributed by atoms with Gasteiger partial charge in [0, 0.05) is 29.5 Å². The van der Waals surface area contributed by atoms with Gasteiger partial charge in [-0.3, -0.25) is 14.6 Å². The summed E-state index contributed by atoms with van der Waals surface area (Å²) in [5, 5.41) is 11.7. The van der Waals surface area contributed by atoms with Gasteiger partial charge in [0.15, 0.2) is 0 Å². The van der Waals surface area contributed by atoms with Crippen LogP contribution >= 0.6 is 11.6 Å². The Hall–Kier alpha value is -3.90. The lowest BCUT2D eigenvalue weighted by Gasteiger charge is -2.25. The van der Waals surface area contributed by atoms with Crippen molar-refractivity contribution in [3.63, 3.8) is 0 Å². The first kappa shape index (κ1) is 22.3. The Morgan fingerprint density at radius 1 is 1.06 bits per heavy atom. The minimum absolute atomic E-state index is 0.0242. The van der Waals surface area contributed by atoms with Crippen LogP contribution in [0.1, 0.15) is 22.7 Å². The normalized spacial score (nSPS) is 17.2. The fourth-order valence-electron chi connectivity index (χ4n) is 3.74. The van der Waals surface area contributed by atoms with E-state index in [1.165, 1.54) is 4.90 Å². The zero-order valence-corrected chi connectivity index (χ0v) is 18.4. The average Bonchev–Trinajstić information content (AvgIpc) is 3.08. The summed E-state index contributed by atoms with van der Waals surface area (Å²) in [6.45, 7) is 4.15. The summed E-state index contributed by atoms with van der Waals surface area (Å²) < 4.78 is 5.48. The fraction of sp³-hybridized carbons (Fsp3) is 0.115. The van der Waals surface area contributed by atoms with E-state index >= 15 is 0 Å². The topological polar surface area (TPSA) is 79.7 Å². The van der Waals surface area contributed by atoms with E-state index in [2.05, 4.69) is 11.6 Å². The van der Waals surface area contributed by atoms with Crippen molar-refractivity contribution in [1.29, 1.82) is 0 Å². The van der Waals surface area contributed by atoms with E-state index in [-0.39, 0.29) is 17.9 Å². The van der Waals surface area contributed by atoms with Gasteiger partial charge in [0.25, 0.3) is 11.7 Å². The van der Waals surface area contributed by atoms with Crippen molar-refractivity contribution < 1.29 is 19.4 Å². The number of aliphatic hydroxyl groups excluding tert-OH is 1. The number of carbonyl (C=O) groups is 2. The number of likely N-dealkylation sites (tertiary alicyclic amines) is 1. The largest absolute Gasteiger partial charge is 0.507 e.